The first-order chi connectivity index (χ1) is 15.7. The van der Waals surface area contributed by atoms with Gasteiger partial charge >= 0.3 is 0 Å². The minimum atomic E-state index is -0.556. The van der Waals surface area contributed by atoms with Crippen molar-refractivity contribution in [3.63, 3.8) is 0 Å². The minimum Gasteiger partial charge on any atom is -0.457 e. The highest BCUT2D eigenvalue weighted by molar-refractivity contribution is 5.98. The van der Waals surface area contributed by atoms with Crippen LogP contribution in [0, 0.1) is 5.92 Å². The number of nitrogens with one attached hydrogen (secondary N) is 3. The van der Waals surface area contributed by atoms with Gasteiger partial charge in [0.25, 0.3) is 0 Å². The predicted octanol–water partition coefficient (Wildman–Crippen LogP) is 4.20. The number of rotatable bonds is 6. The molecule has 162 valence electrons. The second-order valence-corrected chi connectivity index (χ2v) is 8.55. The van der Waals surface area contributed by atoms with Gasteiger partial charge in [-0.1, -0.05) is 6.07 Å². The van der Waals surface area contributed by atoms with E-state index in [0.29, 0.717) is 11.7 Å². The third-order valence-electron chi connectivity index (χ3n) is 6.26. The first-order valence-corrected chi connectivity index (χ1v) is 11.1. The molecule has 4 aromatic rings. The molecular formula is C25H25N5O2. The zero-order valence-corrected chi connectivity index (χ0v) is 17.6. The lowest BCUT2D eigenvalue weighted by Gasteiger charge is -2.18. The molecular weight excluding hydrogens is 402 g/mol. The van der Waals surface area contributed by atoms with Crippen LogP contribution in [0.2, 0.25) is 0 Å². The molecule has 1 aliphatic heterocycles. The van der Waals surface area contributed by atoms with Crippen molar-refractivity contribution in [2.45, 2.75) is 32.0 Å². The largest absolute Gasteiger partial charge is 0.457 e. The molecule has 1 unspecified atom stereocenters. The molecule has 4 heterocycles. The van der Waals surface area contributed by atoms with E-state index in [1.807, 2.05) is 30.5 Å². The van der Waals surface area contributed by atoms with Crippen molar-refractivity contribution in [1.82, 2.24) is 20.3 Å². The monoisotopic (exact) mass is 427 g/mol. The fourth-order valence-corrected chi connectivity index (χ4v) is 4.34. The molecule has 32 heavy (non-hydrogen) atoms. The van der Waals surface area contributed by atoms with E-state index in [0.717, 1.165) is 66.0 Å². The van der Waals surface area contributed by atoms with Gasteiger partial charge in [-0.25, -0.2) is 9.97 Å². The summed E-state index contributed by atoms with van der Waals surface area (Å²) < 4.78 is 6.35. The summed E-state index contributed by atoms with van der Waals surface area (Å²) in [4.78, 5) is 12.1. The van der Waals surface area contributed by atoms with Gasteiger partial charge in [-0.15, -0.1) is 0 Å². The predicted molar refractivity (Wildman–Crippen MR) is 124 cm³/mol. The van der Waals surface area contributed by atoms with Gasteiger partial charge in [0.15, 0.2) is 0 Å². The average molecular weight is 428 g/mol. The fraction of sp³-hybridized carbons (Fsp3) is 0.280. The number of benzene rings is 1. The molecule has 3 aromatic heterocycles. The van der Waals surface area contributed by atoms with Crippen LogP contribution in [-0.4, -0.2) is 32.8 Å². The van der Waals surface area contributed by atoms with Gasteiger partial charge in [0.1, 0.15) is 29.2 Å². The molecule has 0 radical (unpaired) electrons. The molecule has 2 aliphatic rings. The van der Waals surface area contributed by atoms with E-state index in [2.05, 4.69) is 37.7 Å². The number of aromatic amines is 1. The van der Waals surface area contributed by atoms with Crippen LogP contribution in [-0.2, 0) is 13.0 Å². The van der Waals surface area contributed by atoms with Crippen molar-refractivity contribution in [1.29, 1.82) is 0 Å². The zero-order valence-electron chi connectivity index (χ0n) is 17.6. The summed E-state index contributed by atoms with van der Waals surface area (Å²) in [5.41, 5.74) is 5.38. The number of ether oxygens (including phenoxy) is 1. The molecule has 4 N–H and O–H groups in total. The number of fused-ring (bicyclic) bond motifs is 2. The van der Waals surface area contributed by atoms with Crippen LogP contribution in [0.15, 0.2) is 55.0 Å². The summed E-state index contributed by atoms with van der Waals surface area (Å²) in [6.45, 7) is 1.89. The van der Waals surface area contributed by atoms with Gasteiger partial charge in [-0.2, -0.15) is 0 Å². The summed E-state index contributed by atoms with van der Waals surface area (Å²) in [6.07, 6.45) is 8.05. The average Bonchev–Trinajstić information content (AvgIpc) is 3.58. The Balaban J connectivity index is 1.35. The maximum atomic E-state index is 10.2. The van der Waals surface area contributed by atoms with Crippen LogP contribution < -0.4 is 15.4 Å². The number of nitrogens with zero attached hydrogens (tertiary/aromatic N) is 2. The number of aliphatic hydroxyl groups is 1. The van der Waals surface area contributed by atoms with Gasteiger partial charge in [-0.3, -0.25) is 0 Å². The molecule has 0 bridgehead atoms. The molecule has 0 saturated heterocycles. The number of hydrogen-bond acceptors (Lipinski definition) is 6. The molecule has 1 aromatic carbocycles. The highest BCUT2D eigenvalue weighted by atomic mass is 16.5. The van der Waals surface area contributed by atoms with Crippen LogP contribution in [0.4, 0.5) is 5.82 Å². The van der Waals surface area contributed by atoms with E-state index in [1.54, 1.807) is 12.4 Å². The Hall–Kier alpha value is -3.42. The number of aliphatic hydroxyl groups excluding tert-OH is 1. The van der Waals surface area contributed by atoms with Gasteiger partial charge < -0.3 is 25.5 Å². The summed E-state index contributed by atoms with van der Waals surface area (Å²) in [7, 11) is 0. The minimum absolute atomic E-state index is 0.324. The third-order valence-corrected chi connectivity index (χ3v) is 6.26. The lowest BCUT2D eigenvalue weighted by Crippen LogP contribution is -2.23. The summed E-state index contributed by atoms with van der Waals surface area (Å²) in [5.74, 6) is 2.55. The number of pyridine rings is 2. The van der Waals surface area contributed by atoms with E-state index in [1.165, 1.54) is 11.1 Å². The quantitative estimate of drug-likeness (QED) is 0.345. The highest BCUT2D eigenvalue weighted by Crippen LogP contribution is 2.38. The van der Waals surface area contributed by atoms with Crippen molar-refractivity contribution >= 4 is 16.9 Å². The van der Waals surface area contributed by atoms with E-state index in [-0.39, 0.29) is 0 Å². The Bertz CT molecular complexity index is 1280. The number of aromatic nitrogens is 3. The van der Waals surface area contributed by atoms with E-state index >= 15 is 0 Å². The van der Waals surface area contributed by atoms with E-state index in [9.17, 15) is 5.11 Å². The van der Waals surface area contributed by atoms with Crippen molar-refractivity contribution in [2.75, 3.05) is 11.9 Å². The summed E-state index contributed by atoms with van der Waals surface area (Å²) >= 11 is 0. The normalized spacial score (nSPS) is 16.5. The Morgan fingerprint density at radius 1 is 1.06 bits per heavy atom. The van der Waals surface area contributed by atoms with Crippen molar-refractivity contribution in [3.8, 4) is 22.6 Å². The van der Waals surface area contributed by atoms with Crippen LogP contribution in [0.1, 0.15) is 24.0 Å². The summed E-state index contributed by atoms with van der Waals surface area (Å²) in [6, 6.07) is 12.1. The maximum absolute atomic E-state index is 10.2. The van der Waals surface area contributed by atoms with Gasteiger partial charge in [-0.05, 0) is 72.8 Å². The van der Waals surface area contributed by atoms with Crippen LogP contribution in [0.5, 0.6) is 11.5 Å². The zero-order chi connectivity index (χ0) is 21.5. The van der Waals surface area contributed by atoms with Crippen molar-refractivity contribution in [3.05, 3.63) is 66.1 Å². The topological polar surface area (TPSA) is 95.1 Å². The Morgan fingerprint density at radius 3 is 2.88 bits per heavy atom. The van der Waals surface area contributed by atoms with E-state index in [4.69, 9.17) is 4.74 Å². The number of anilines is 1. The number of H-pyrrole nitrogens is 1. The second kappa shape index (κ2) is 7.93. The molecule has 7 heteroatoms. The molecule has 1 fully saturated rings. The second-order valence-electron chi connectivity index (χ2n) is 8.55. The smallest absolute Gasteiger partial charge is 0.141 e. The fourth-order valence-electron chi connectivity index (χ4n) is 4.34. The number of hydrogen-bond donors (Lipinski definition) is 4. The van der Waals surface area contributed by atoms with Crippen LogP contribution in [0.3, 0.4) is 0 Å². The third kappa shape index (κ3) is 3.70. The molecule has 1 aliphatic carbocycles. The Labute approximate surface area is 185 Å². The maximum Gasteiger partial charge on any atom is 0.141 e. The molecule has 1 atom stereocenters. The van der Waals surface area contributed by atoms with E-state index < -0.39 is 6.23 Å². The van der Waals surface area contributed by atoms with Gasteiger partial charge in [0.2, 0.25) is 0 Å². The highest BCUT2D eigenvalue weighted by Gasteiger charge is 2.30. The van der Waals surface area contributed by atoms with Gasteiger partial charge in [0.05, 0.1) is 5.39 Å². The first kappa shape index (κ1) is 19.3. The summed E-state index contributed by atoms with van der Waals surface area (Å²) in [5, 5.41) is 17.7. The molecule has 6 rings (SSSR count). The van der Waals surface area contributed by atoms with Crippen molar-refractivity contribution < 1.29 is 9.84 Å². The van der Waals surface area contributed by atoms with Crippen molar-refractivity contribution in [2.24, 2.45) is 5.92 Å². The molecule has 0 amide bonds. The Kier molecular flexibility index (Phi) is 4.78. The molecule has 7 nitrogen and oxygen atoms in total. The lowest BCUT2D eigenvalue weighted by atomic mass is 10.0. The molecule has 1 saturated carbocycles. The Morgan fingerprint density at radius 2 is 1.97 bits per heavy atom. The molecule has 0 spiro atoms. The van der Waals surface area contributed by atoms with Crippen LogP contribution >= 0.6 is 0 Å². The van der Waals surface area contributed by atoms with Gasteiger partial charge in [0, 0.05) is 36.6 Å². The van der Waals surface area contributed by atoms with Crippen LogP contribution in [0.25, 0.3) is 22.2 Å². The first-order valence-electron chi connectivity index (χ1n) is 11.1. The SMILES string of the molecule is OC(Nc1cc(-c2c[nH]c3nccc(Oc4ccc5c(c4)CNCC5)c23)ccn1)C1CC1. The standard InChI is InChI=1S/C25H25N5O2/c31-25(16-1-2-16)30-22-12-17(6-9-27-22)20-14-29-24-23(20)21(7-10-28-24)32-19-4-3-15-5-8-26-13-18(15)11-19/h3-4,6-7,9-12,14,16,25-26,31H,1-2,5,8,13H2,(H,27,30)(H,28,29). The lowest BCUT2D eigenvalue weighted by molar-refractivity contribution is 0.179.